The van der Waals surface area contributed by atoms with E-state index in [9.17, 15) is 8.42 Å². The van der Waals surface area contributed by atoms with Crippen molar-refractivity contribution in [2.24, 2.45) is 0 Å². The third kappa shape index (κ3) is 6.27. The van der Waals surface area contributed by atoms with Gasteiger partial charge in [0, 0.05) is 10.7 Å². The fraction of sp³-hybridized carbons (Fsp3) is 0.625. The highest BCUT2D eigenvalue weighted by atomic mass is 35.7. The topological polar surface area (TPSA) is 43.4 Å². The Morgan fingerprint density at radius 2 is 1.57 bits per heavy atom. The van der Waals surface area contributed by atoms with Crippen LogP contribution in [0.3, 0.4) is 0 Å². The zero-order valence-corrected chi connectivity index (χ0v) is 14.8. The molecule has 0 aromatic heterocycles. The van der Waals surface area contributed by atoms with E-state index in [4.69, 9.17) is 15.4 Å². The Morgan fingerprint density at radius 3 is 2.00 bits per heavy atom. The zero-order chi connectivity index (χ0) is 16.0. The molecule has 0 fully saturated rings. The smallest absolute Gasteiger partial charge is 0.232 e. The van der Waals surface area contributed by atoms with Crippen LogP contribution in [0.25, 0.3) is 0 Å². The number of benzene rings is 1. The average molecular weight is 333 g/mol. The van der Waals surface area contributed by atoms with Crippen LogP contribution in [0.4, 0.5) is 0 Å². The van der Waals surface area contributed by atoms with Gasteiger partial charge in [0.25, 0.3) is 0 Å². The van der Waals surface area contributed by atoms with Crippen LogP contribution in [0.2, 0.25) is 0 Å². The number of ether oxygens (including phenoxy) is 1. The van der Waals surface area contributed by atoms with Crippen molar-refractivity contribution < 1.29 is 13.2 Å². The highest BCUT2D eigenvalue weighted by molar-refractivity contribution is 8.13. The molecule has 0 amide bonds. The van der Waals surface area contributed by atoms with Gasteiger partial charge in [-0.1, -0.05) is 45.9 Å². The molecule has 120 valence electrons. The molecule has 0 aliphatic heterocycles. The summed E-state index contributed by atoms with van der Waals surface area (Å²) >= 11 is 0. The molecule has 5 heteroatoms. The van der Waals surface area contributed by atoms with Crippen molar-refractivity contribution in [1.29, 1.82) is 0 Å². The summed E-state index contributed by atoms with van der Waals surface area (Å²) in [6.45, 7) is 9.09. The number of hydrogen-bond acceptors (Lipinski definition) is 3. The largest absolute Gasteiger partial charge is 0.493 e. The number of halogens is 1. The highest BCUT2D eigenvalue weighted by Gasteiger charge is 2.15. The van der Waals surface area contributed by atoms with E-state index in [0.717, 1.165) is 5.75 Å². The lowest BCUT2D eigenvalue weighted by Crippen LogP contribution is -2.07. The maximum Gasteiger partial charge on any atom is 0.232 e. The van der Waals surface area contributed by atoms with E-state index in [1.807, 2.05) is 0 Å². The van der Waals surface area contributed by atoms with Crippen molar-refractivity contribution in [3.05, 3.63) is 29.3 Å². The normalized spacial score (nSPS) is 12.1. The molecule has 1 aromatic carbocycles. The molecule has 0 bridgehead atoms. The van der Waals surface area contributed by atoms with Crippen LogP contribution in [0.15, 0.2) is 18.2 Å². The van der Waals surface area contributed by atoms with E-state index in [1.165, 1.54) is 11.1 Å². The van der Waals surface area contributed by atoms with Gasteiger partial charge in [0.15, 0.2) is 0 Å². The SMILES string of the molecule is CC(C)c1cccc(C(C)C)c1OCCCCS(=O)(=O)Cl. The molecular formula is C16H25ClO3S. The predicted molar refractivity (Wildman–Crippen MR) is 89.0 cm³/mol. The van der Waals surface area contributed by atoms with Gasteiger partial charge in [0.05, 0.1) is 12.4 Å². The monoisotopic (exact) mass is 332 g/mol. The van der Waals surface area contributed by atoms with Crippen LogP contribution < -0.4 is 4.74 Å². The summed E-state index contributed by atoms with van der Waals surface area (Å²) in [6.07, 6.45) is 1.20. The van der Waals surface area contributed by atoms with E-state index in [0.29, 0.717) is 31.3 Å². The zero-order valence-electron chi connectivity index (χ0n) is 13.2. The molecule has 0 aliphatic rings. The molecule has 0 saturated carbocycles. The summed E-state index contributed by atoms with van der Waals surface area (Å²) in [5, 5.41) is 0. The third-order valence-corrected chi connectivity index (χ3v) is 4.59. The van der Waals surface area contributed by atoms with Crippen molar-refractivity contribution in [2.75, 3.05) is 12.4 Å². The van der Waals surface area contributed by atoms with Crippen molar-refractivity contribution >= 4 is 19.7 Å². The Kier molecular flexibility index (Phi) is 7.01. The van der Waals surface area contributed by atoms with Gasteiger partial charge in [0.1, 0.15) is 5.75 Å². The van der Waals surface area contributed by atoms with Crippen molar-refractivity contribution in [1.82, 2.24) is 0 Å². The molecule has 1 aromatic rings. The van der Waals surface area contributed by atoms with Gasteiger partial charge in [-0.05, 0) is 35.8 Å². The van der Waals surface area contributed by atoms with Crippen molar-refractivity contribution in [3.63, 3.8) is 0 Å². The fourth-order valence-corrected chi connectivity index (χ4v) is 3.08. The molecular weight excluding hydrogens is 308 g/mol. The molecule has 0 radical (unpaired) electrons. The maximum absolute atomic E-state index is 10.9. The summed E-state index contributed by atoms with van der Waals surface area (Å²) in [5.74, 6) is 1.74. The summed E-state index contributed by atoms with van der Waals surface area (Å²) in [4.78, 5) is 0. The van der Waals surface area contributed by atoms with E-state index < -0.39 is 9.05 Å². The highest BCUT2D eigenvalue weighted by Crippen LogP contribution is 2.34. The van der Waals surface area contributed by atoms with Gasteiger partial charge in [-0.15, -0.1) is 0 Å². The second-order valence-corrected chi connectivity index (χ2v) is 8.77. The van der Waals surface area contributed by atoms with Crippen molar-refractivity contribution in [2.45, 2.75) is 52.4 Å². The quantitative estimate of drug-likeness (QED) is 0.513. The number of para-hydroxylation sites is 1. The summed E-state index contributed by atoms with van der Waals surface area (Å²) in [6, 6.07) is 6.25. The number of unbranched alkanes of at least 4 members (excludes halogenated alkanes) is 1. The van der Waals surface area contributed by atoms with Gasteiger partial charge in [-0.2, -0.15) is 0 Å². The number of hydrogen-bond donors (Lipinski definition) is 0. The lowest BCUT2D eigenvalue weighted by atomic mass is 9.94. The molecule has 0 spiro atoms. The molecule has 0 atom stereocenters. The lowest BCUT2D eigenvalue weighted by Gasteiger charge is -2.20. The van der Waals surface area contributed by atoms with Crippen LogP contribution in [0, 0.1) is 0 Å². The maximum atomic E-state index is 10.9. The first-order chi connectivity index (χ1) is 9.72. The minimum Gasteiger partial charge on any atom is -0.493 e. The van der Waals surface area contributed by atoms with E-state index >= 15 is 0 Å². The Hall–Kier alpha value is -0.740. The van der Waals surface area contributed by atoms with Crippen LogP contribution in [0.1, 0.15) is 63.5 Å². The van der Waals surface area contributed by atoms with Crippen molar-refractivity contribution in [3.8, 4) is 5.75 Å². The van der Waals surface area contributed by atoms with Crippen LogP contribution in [-0.4, -0.2) is 20.8 Å². The summed E-state index contributed by atoms with van der Waals surface area (Å²) < 4.78 is 27.7. The Bertz CT molecular complexity index is 524. The molecule has 0 unspecified atom stereocenters. The summed E-state index contributed by atoms with van der Waals surface area (Å²) in [7, 11) is 1.80. The summed E-state index contributed by atoms with van der Waals surface area (Å²) in [5.41, 5.74) is 2.40. The molecule has 0 N–H and O–H groups in total. The standard InChI is InChI=1S/C16H25ClO3S/c1-12(2)14-8-7-9-15(13(3)4)16(14)20-10-5-6-11-21(17,18)19/h7-9,12-13H,5-6,10-11H2,1-4H3. The van der Waals surface area contributed by atoms with Crippen LogP contribution >= 0.6 is 10.7 Å². The van der Waals surface area contributed by atoms with E-state index in [2.05, 4.69) is 45.9 Å². The van der Waals surface area contributed by atoms with Gasteiger partial charge >= 0.3 is 0 Å². The lowest BCUT2D eigenvalue weighted by molar-refractivity contribution is 0.301. The fourth-order valence-electron chi connectivity index (χ4n) is 2.20. The molecule has 0 aliphatic carbocycles. The first-order valence-corrected chi connectivity index (χ1v) is 9.88. The first-order valence-electron chi connectivity index (χ1n) is 7.40. The van der Waals surface area contributed by atoms with Gasteiger partial charge in [0.2, 0.25) is 9.05 Å². The molecule has 3 nitrogen and oxygen atoms in total. The number of rotatable bonds is 8. The van der Waals surface area contributed by atoms with Crippen LogP contribution in [0.5, 0.6) is 5.75 Å². The molecule has 21 heavy (non-hydrogen) atoms. The Labute approximate surface area is 133 Å². The Balaban J connectivity index is 2.72. The predicted octanol–water partition coefficient (Wildman–Crippen LogP) is 4.66. The second kappa shape index (κ2) is 8.04. The average Bonchev–Trinajstić information content (AvgIpc) is 2.36. The first kappa shape index (κ1) is 18.3. The van der Waals surface area contributed by atoms with Gasteiger partial charge < -0.3 is 4.74 Å². The van der Waals surface area contributed by atoms with Gasteiger partial charge in [-0.25, -0.2) is 8.42 Å². The minimum absolute atomic E-state index is 0.000774. The second-order valence-electron chi connectivity index (χ2n) is 5.87. The van der Waals surface area contributed by atoms with Crippen LogP contribution in [-0.2, 0) is 9.05 Å². The molecule has 0 heterocycles. The van der Waals surface area contributed by atoms with Gasteiger partial charge in [-0.3, -0.25) is 0 Å². The third-order valence-electron chi connectivity index (χ3n) is 3.35. The molecule has 0 saturated heterocycles. The van der Waals surface area contributed by atoms with E-state index in [1.54, 1.807) is 0 Å². The minimum atomic E-state index is -3.40. The van der Waals surface area contributed by atoms with E-state index in [-0.39, 0.29) is 5.75 Å². The Morgan fingerprint density at radius 1 is 1.05 bits per heavy atom. The molecule has 1 rings (SSSR count).